The zero-order valence-corrected chi connectivity index (χ0v) is 13.5. The highest BCUT2D eigenvalue weighted by Gasteiger charge is 2.18. The minimum atomic E-state index is -0.325. The van der Waals surface area contributed by atoms with Gasteiger partial charge in [-0.05, 0) is 24.6 Å². The topological polar surface area (TPSA) is 51.2 Å². The van der Waals surface area contributed by atoms with Crippen LogP contribution in [0.1, 0.15) is 21.7 Å². The third-order valence-corrected chi connectivity index (χ3v) is 3.77. The lowest BCUT2D eigenvalue weighted by Crippen LogP contribution is -2.21. The van der Waals surface area contributed by atoms with E-state index in [1.54, 1.807) is 19.2 Å². The Kier molecular flexibility index (Phi) is 4.42. The van der Waals surface area contributed by atoms with Crippen molar-refractivity contribution in [3.63, 3.8) is 0 Å². The molecule has 122 valence electrons. The van der Waals surface area contributed by atoms with Gasteiger partial charge in [0.2, 0.25) is 0 Å². The quantitative estimate of drug-likeness (QED) is 0.797. The molecule has 1 aromatic heterocycles. The van der Waals surface area contributed by atoms with Crippen molar-refractivity contribution >= 4 is 16.7 Å². The number of carbonyl (C=O) groups excluding carboxylic acids is 1. The van der Waals surface area contributed by atoms with E-state index in [9.17, 15) is 9.18 Å². The number of aromatic nitrogens is 1. The van der Waals surface area contributed by atoms with E-state index in [1.807, 2.05) is 31.2 Å². The van der Waals surface area contributed by atoms with Gasteiger partial charge in [-0.3, -0.25) is 4.79 Å². The minimum absolute atomic E-state index is 0.149. The van der Waals surface area contributed by atoms with Gasteiger partial charge in [-0.2, -0.15) is 0 Å². The van der Waals surface area contributed by atoms with Gasteiger partial charge in [0.05, 0.1) is 0 Å². The maximum absolute atomic E-state index is 13.3. The molecule has 0 saturated heterocycles. The third-order valence-electron chi connectivity index (χ3n) is 3.77. The van der Waals surface area contributed by atoms with Crippen LogP contribution in [0.3, 0.4) is 0 Å². The number of benzene rings is 2. The predicted octanol–water partition coefficient (Wildman–Crippen LogP) is 3.62. The van der Waals surface area contributed by atoms with Crippen LogP contribution in [0.25, 0.3) is 10.8 Å². The van der Waals surface area contributed by atoms with E-state index in [4.69, 9.17) is 4.74 Å². The van der Waals surface area contributed by atoms with E-state index in [-0.39, 0.29) is 24.0 Å². The number of amides is 1. The predicted molar refractivity (Wildman–Crippen MR) is 90.6 cm³/mol. The van der Waals surface area contributed by atoms with Gasteiger partial charge in [0.15, 0.2) is 11.4 Å². The highest BCUT2D eigenvalue weighted by Crippen LogP contribution is 2.31. The molecule has 24 heavy (non-hydrogen) atoms. The summed E-state index contributed by atoms with van der Waals surface area (Å²) in [6, 6.07) is 13.8. The first kappa shape index (κ1) is 15.9. The lowest BCUT2D eigenvalue weighted by atomic mass is 10.1. The monoisotopic (exact) mass is 324 g/mol. The summed E-state index contributed by atoms with van der Waals surface area (Å²) in [6.45, 7) is 2.00. The molecular formula is C19H17FN2O2. The van der Waals surface area contributed by atoms with Crippen molar-refractivity contribution in [3.05, 3.63) is 71.3 Å². The molecule has 0 radical (unpaired) electrons. The average Bonchev–Trinajstić information content (AvgIpc) is 2.60. The molecule has 0 aliphatic rings. The second kappa shape index (κ2) is 6.66. The molecular weight excluding hydrogens is 307 g/mol. The van der Waals surface area contributed by atoms with Crippen LogP contribution in [0.5, 0.6) is 5.75 Å². The first-order valence-corrected chi connectivity index (χ1v) is 7.59. The molecule has 4 nitrogen and oxygen atoms in total. The van der Waals surface area contributed by atoms with Crippen LogP contribution in [0.2, 0.25) is 0 Å². The molecule has 3 aromatic rings. The molecule has 1 heterocycles. The van der Waals surface area contributed by atoms with Gasteiger partial charge in [0.25, 0.3) is 5.91 Å². The number of rotatable bonds is 4. The normalized spacial score (nSPS) is 10.6. The summed E-state index contributed by atoms with van der Waals surface area (Å²) in [6.07, 6.45) is 0. The summed E-state index contributed by atoms with van der Waals surface area (Å²) in [5.41, 5.74) is 1.66. The van der Waals surface area contributed by atoms with Crippen LogP contribution >= 0.6 is 0 Å². The third kappa shape index (κ3) is 3.06. The van der Waals surface area contributed by atoms with Gasteiger partial charge in [0.1, 0.15) is 12.4 Å². The van der Waals surface area contributed by atoms with Gasteiger partial charge >= 0.3 is 0 Å². The average molecular weight is 324 g/mol. The maximum Gasteiger partial charge on any atom is 0.273 e. The van der Waals surface area contributed by atoms with Gasteiger partial charge in [-0.15, -0.1) is 0 Å². The lowest BCUT2D eigenvalue weighted by Gasteiger charge is -2.14. The fraction of sp³-hybridized carbons (Fsp3) is 0.158. The molecule has 1 N–H and O–H groups in total. The van der Waals surface area contributed by atoms with Gasteiger partial charge in [-0.25, -0.2) is 9.37 Å². The van der Waals surface area contributed by atoms with E-state index in [0.717, 1.165) is 16.5 Å². The summed E-state index contributed by atoms with van der Waals surface area (Å²) in [7, 11) is 1.55. The molecule has 0 spiro atoms. The molecule has 0 saturated carbocycles. The van der Waals surface area contributed by atoms with Crippen molar-refractivity contribution in [1.82, 2.24) is 10.3 Å². The Morgan fingerprint density at radius 2 is 1.92 bits per heavy atom. The molecule has 1 amide bonds. The van der Waals surface area contributed by atoms with E-state index in [1.165, 1.54) is 12.1 Å². The van der Waals surface area contributed by atoms with Gasteiger partial charge in [0, 0.05) is 23.5 Å². The highest BCUT2D eigenvalue weighted by molar-refractivity contribution is 6.02. The van der Waals surface area contributed by atoms with Gasteiger partial charge in [-0.1, -0.05) is 36.4 Å². The van der Waals surface area contributed by atoms with E-state index >= 15 is 0 Å². The number of nitrogens with zero attached hydrogens (tertiary/aromatic N) is 1. The summed E-state index contributed by atoms with van der Waals surface area (Å²) in [5, 5.41) is 4.30. The molecule has 3 rings (SSSR count). The van der Waals surface area contributed by atoms with Crippen LogP contribution in [0.4, 0.5) is 4.39 Å². The first-order valence-electron chi connectivity index (χ1n) is 7.59. The van der Waals surface area contributed by atoms with Crippen molar-refractivity contribution in [2.24, 2.45) is 0 Å². The number of nitrogens with one attached hydrogen (secondary N) is 1. The SMILES string of the molecule is CNC(=O)c1nc(C)c2ccccc2c1OCc1cccc(F)c1. The molecule has 5 heteroatoms. The summed E-state index contributed by atoms with van der Waals surface area (Å²) in [5.74, 6) is -0.243. The Labute approximate surface area is 139 Å². The number of fused-ring (bicyclic) bond motifs is 1. The Hall–Kier alpha value is -2.95. The minimum Gasteiger partial charge on any atom is -0.486 e. The van der Waals surface area contributed by atoms with Crippen LogP contribution in [0, 0.1) is 12.7 Å². The number of hydrogen-bond donors (Lipinski definition) is 1. The van der Waals surface area contributed by atoms with Crippen molar-refractivity contribution in [2.45, 2.75) is 13.5 Å². The number of aryl methyl sites for hydroxylation is 1. The second-order valence-electron chi connectivity index (χ2n) is 5.42. The fourth-order valence-electron chi connectivity index (χ4n) is 2.60. The molecule has 0 bridgehead atoms. The maximum atomic E-state index is 13.3. The zero-order chi connectivity index (χ0) is 17.1. The smallest absolute Gasteiger partial charge is 0.273 e. The molecule has 0 fully saturated rings. The Morgan fingerprint density at radius 1 is 1.17 bits per heavy atom. The van der Waals surface area contributed by atoms with Crippen molar-refractivity contribution in [1.29, 1.82) is 0 Å². The van der Waals surface area contributed by atoms with Crippen molar-refractivity contribution in [3.8, 4) is 5.75 Å². The summed E-state index contributed by atoms with van der Waals surface area (Å²) in [4.78, 5) is 16.6. The van der Waals surface area contributed by atoms with Crippen molar-refractivity contribution in [2.75, 3.05) is 7.05 Å². The zero-order valence-electron chi connectivity index (χ0n) is 13.5. The lowest BCUT2D eigenvalue weighted by molar-refractivity contribution is 0.0953. The number of ether oxygens (including phenoxy) is 1. The second-order valence-corrected chi connectivity index (χ2v) is 5.42. The molecule has 0 atom stereocenters. The fourth-order valence-corrected chi connectivity index (χ4v) is 2.60. The standard InChI is InChI=1S/C19H17FN2O2/c1-12-15-8-3-4-9-16(15)18(17(22-12)19(23)21-2)24-11-13-6-5-7-14(20)10-13/h3-10H,11H2,1-2H3,(H,21,23). The molecule has 0 aliphatic carbocycles. The van der Waals surface area contributed by atoms with Crippen LogP contribution in [-0.4, -0.2) is 17.9 Å². The molecule has 0 aliphatic heterocycles. The number of halogens is 1. The number of hydrogen-bond acceptors (Lipinski definition) is 3. The van der Waals surface area contributed by atoms with E-state index < -0.39 is 0 Å². The largest absolute Gasteiger partial charge is 0.486 e. The van der Waals surface area contributed by atoms with E-state index in [0.29, 0.717) is 11.3 Å². The summed E-state index contributed by atoms with van der Waals surface area (Å²) >= 11 is 0. The van der Waals surface area contributed by atoms with E-state index in [2.05, 4.69) is 10.3 Å². The number of carbonyl (C=O) groups is 1. The Balaban J connectivity index is 2.07. The molecule has 0 unspecified atom stereocenters. The van der Waals surface area contributed by atoms with Crippen LogP contribution < -0.4 is 10.1 Å². The van der Waals surface area contributed by atoms with Crippen LogP contribution in [0.15, 0.2) is 48.5 Å². The summed E-state index contributed by atoms with van der Waals surface area (Å²) < 4.78 is 19.2. The van der Waals surface area contributed by atoms with Crippen molar-refractivity contribution < 1.29 is 13.9 Å². The Bertz CT molecular complexity index is 909. The Morgan fingerprint density at radius 3 is 2.62 bits per heavy atom. The first-order chi connectivity index (χ1) is 11.6. The molecule has 2 aromatic carbocycles. The highest BCUT2D eigenvalue weighted by atomic mass is 19.1. The van der Waals surface area contributed by atoms with Gasteiger partial charge < -0.3 is 10.1 Å². The number of pyridine rings is 1. The van der Waals surface area contributed by atoms with Crippen LogP contribution in [-0.2, 0) is 6.61 Å².